The summed E-state index contributed by atoms with van der Waals surface area (Å²) in [5.74, 6) is -0.797. The fourth-order valence-corrected chi connectivity index (χ4v) is 2.62. The van der Waals surface area contributed by atoms with E-state index in [2.05, 4.69) is 5.32 Å². The summed E-state index contributed by atoms with van der Waals surface area (Å²) in [6.07, 6.45) is 1.64. The van der Waals surface area contributed by atoms with Gasteiger partial charge in [-0.15, -0.1) is 0 Å². The van der Waals surface area contributed by atoms with Gasteiger partial charge in [0.15, 0.2) is 0 Å². The Labute approximate surface area is 118 Å². The van der Waals surface area contributed by atoms with Crippen molar-refractivity contribution in [3.63, 3.8) is 0 Å². The molecule has 108 valence electrons. The molecule has 1 amide bonds. The maximum Gasteiger partial charge on any atom is 0.321 e. The van der Waals surface area contributed by atoms with Crippen LogP contribution in [0.3, 0.4) is 0 Å². The van der Waals surface area contributed by atoms with Crippen molar-refractivity contribution in [1.29, 1.82) is 0 Å². The van der Waals surface area contributed by atoms with E-state index in [1.807, 2.05) is 29.2 Å². The first-order valence-electron chi connectivity index (χ1n) is 6.86. The lowest BCUT2D eigenvalue weighted by molar-refractivity contribution is -0.144. The van der Waals surface area contributed by atoms with E-state index in [-0.39, 0.29) is 5.91 Å². The molecule has 2 N–H and O–H groups in total. The molecule has 1 aliphatic heterocycles. The number of aliphatic carboxylic acids is 1. The first-order chi connectivity index (χ1) is 9.61. The Morgan fingerprint density at radius 2 is 2.05 bits per heavy atom. The van der Waals surface area contributed by atoms with Gasteiger partial charge in [0, 0.05) is 20.0 Å². The SMILES string of the molecule is CNC(=O)CCCN1Cc2ccccc2CC1C(=O)O. The summed E-state index contributed by atoms with van der Waals surface area (Å²) in [7, 11) is 1.61. The Balaban J connectivity index is 2.03. The molecule has 1 unspecified atom stereocenters. The van der Waals surface area contributed by atoms with E-state index in [0.717, 1.165) is 5.56 Å². The molecule has 2 rings (SSSR count). The molecule has 0 saturated heterocycles. The Bertz CT molecular complexity index is 502. The first-order valence-corrected chi connectivity index (χ1v) is 6.86. The van der Waals surface area contributed by atoms with Crippen molar-refractivity contribution >= 4 is 11.9 Å². The summed E-state index contributed by atoms with van der Waals surface area (Å²) in [4.78, 5) is 24.6. The second kappa shape index (κ2) is 6.52. The van der Waals surface area contributed by atoms with E-state index in [9.17, 15) is 14.7 Å². The van der Waals surface area contributed by atoms with E-state index < -0.39 is 12.0 Å². The van der Waals surface area contributed by atoms with Gasteiger partial charge in [0.25, 0.3) is 0 Å². The van der Waals surface area contributed by atoms with Crippen LogP contribution in [0.15, 0.2) is 24.3 Å². The number of carbonyl (C=O) groups excluding carboxylic acids is 1. The number of amides is 1. The lowest BCUT2D eigenvalue weighted by Gasteiger charge is -2.34. The van der Waals surface area contributed by atoms with Crippen molar-refractivity contribution in [1.82, 2.24) is 10.2 Å². The number of nitrogens with zero attached hydrogens (tertiary/aromatic N) is 1. The molecule has 1 aromatic carbocycles. The highest BCUT2D eigenvalue weighted by atomic mass is 16.4. The third kappa shape index (κ3) is 3.36. The summed E-state index contributed by atoms with van der Waals surface area (Å²) in [6, 6.07) is 7.46. The largest absolute Gasteiger partial charge is 0.480 e. The molecule has 0 bridgehead atoms. The van der Waals surface area contributed by atoms with E-state index in [1.165, 1.54) is 5.56 Å². The summed E-state index contributed by atoms with van der Waals surface area (Å²) >= 11 is 0. The normalized spacial score (nSPS) is 18.4. The van der Waals surface area contributed by atoms with Crippen molar-refractivity contribution in [2.45, 2.75) is 31.8 Å². The highest BCUT2D eigenvalue weighted by molar-refractivity contribution is 5.75. The van der Waals surface area contributed by atoms with Crippen molar-refractivity contribution < 1.29 is 14.7 Å². The van der Waals surface area contributed by atoms with Crippen LogP contribution in [0.25, 0.3) is 0 Å². The highest BCUT2D eigenvalue weighted by Gasteiger charge is 2.30. The van der Waals surface area contributed by atoms with Crippen molar-refractivity contribution in [3.8, 4) is 0 Å². The molecule has 1 aromatic rings. The quantitative estimate of drug-likeness (QED) is 0.842. The molecule has 0 saturated carbocycles. The Hall–Kier alpha value is -1.88. The van der Waals surface area contributed by atoms with Gasteiger partial charge in [0.05, 0.1) is 0 Å². The number of benzene rings is 1. The highest BCUT2D eigenvalue weighted by Crippen LogP contribution is 2.23. The topological polar surface area (TPSA) is 69.6 Å². The van der Waals surface area contributed by atoms with E-state index in [0.29, 0.717) is 32.4 Å². The number of carboxylic acids is 1. The molecule has 1 aliphatic rings. The van der Waals surface area contributed by atoms with Gasteiger partial charge in [0.2, 0.25) is 5.91 Å². The maximum absolute atomic E-state index is 11.4. The predicted octanol–water partition coefficient (Wildman–Crippen LogP) is 1.02. The Morgan fingerprint density at radius 3 is 2.70 bits per heavy atom. The zero-order chi connectivity index (χ0) is 14.5. The van der Waals surface area contributed by atoms with Crippen LogP contribution in [0.2, 0.25) is 0 Å². The fourth-order valence-electron chi connectivity index (χ4n) is 2.62. The van der Waals surface area contributed by atoms with Gasteiger partial charge in [-0.3, -0.25) is 14.5 Å². The number of carbonyl (C=O) groups is 2. The van der Waals surface area contributed by atoms with Crippen LogP contribution in [0, 0.1) is 0 Å². The van der Waals surface area contributed by atoms with Gasteiger partial charge < -0.3 is 10.4 Å². The van der Waals surface area contributed by atoms with E-state index >= 15 is 0 Å². The third-order valence-corrected chi connectivity index (χ3v) is 3.76. The van der Waals surface area contributed by atoms with Gasteiger partial charge in [-0.2, -0.15) is 0 Å². The van der Waals surface area contributed by atoms with Crippen LogP contribution in [0.1, 0.15) is 24.0 Å². The molecule has 0 aromatic heterocycles. The van der Waals surface area contributed by atoms with Crippen LogP contribution in [-0.2, 0) is 22.6 Å². The number of carboxylic acid groups (broad SMARTS) is 1. The molecule has 0 fully saturated rings. The van der Waals surface area contributed by atoms with Crippen LogP contribution >= 0.6 is 0 Å². The van der Waals surface area contributed by atoms with Crippen LogP contribution in [0.5, 0.6) is 0 Å². The molecular weight excluding hydrogens is 256 g/mol. The van der Waals surface area contributed by atoms with Gasteiger partial charge in [0.1, 0.15) is 6.04 Å². The summed E-state index contributed by atoms with van der Waals surface area (Å²) in [6.45, 7) is 1.26. The average molecular weight is 276 g/mol. The number of rotatable bonds is 5. The van der Waals surface area contributed by atoms with Crippen molar-refractivity contribution in [2.75, 3.05) is 13.6 Å². The summed E-state index contributed by atoms with van der Waals surface area (Å²) in [5.41, 5.74) is 2.30. The lowest BCUT2D eigenvalue weighted by Crippen LogP contribution is -2.46. The second-order valence-corrected chi connectivity index (χ2v) is 5.07. The second-order valence-electron chi connectivity index (χ2n) is 5.07. The zero-order valence-corrected chi connectivity index (χ0v) is 11.6. The van der Waals surface area contributed by atoms with E-state index in [4.69, 9.17) is 0 Å². The molecule has 0 aliphatic carbocycles. The number of hydrogen-bond acceptors (Lipinski definition) is 3. The summed E-state index contributed by atoms with van der Waals surface area (Å²) < 4.78 is 0. The zero-order valence-electron chi connectivity index (χ0n) is 11.6. The van der Waals surface area contributed by atoms with Crippen LogP contribution in [0.4, 0.5) is 0 Å². The first kappa shape index (κ1) is 14.5. The molecule has 5 nitrogen and oxygen atoms in total. The minimum absolute atomic E-state index is 0.00529. The number of nitrogens with one attached hydrogen (secondary N) is 1. The molecule has 20 heavy (non-hydrogen) atoms. The molecule has 5 heteroatoms. The van der Waals surface area contributed by atoms with E-state index in [1.54, 1.807) is 7.05 Å². The van der Waals surface area contributed by atoms with Gasteiger partial charge in [-0.25, -0.2) is 0 Å². The predicted molar refractivity (Wildman–Crippen MR) is 75.3 cm³/mol. The van der Waals surface area contributed by atoms with Gasteiger partial charge in [-0.1, -0.05) is 24.3 Å². The Kier molecular flexibility index (Phi) is 4.74. The van der Waals surface area contributed by atoms with Crippen molar-refractivity contribution in [3.05, 3.63) is 35.4 Å². The average Bonchev–Trinajstić information content (AvgIpc) is 2.46. The lowest BCUT2D eigenvalue weighted by atomic mass is 9.94. The smallest absolute Gasteiger partial charge is 0.321 e. The Morgan fingerprint density at radius 1 is 1.35 bits per heavy atom. The third-order valence-electron chi connectivity index (χ3n) is 3.76. The maximum atomic E-state index is 11.4. The fraction of sp³-hybridized carbons (Fsp3) is 0.467. The summed E-state index contributed by atoms with van der Waals surface area (Å²) in [5, 5.41) is 11.9. The molecule has 0 spiro atoms. The van der Waals surface area contributed by atoms with Gasteiger partial charge >= 0.3 is 5.97 Å². The standard InChI is InChI=1S/C15H20N2O3/c1-16-14(18)7-4-8-17-10-12-6-3-2-5-11(12)9-13(17)15(19)20/h2-3,5-6,13H,4,7-10H2,1H3,(H,16,18)(H,19,20). The van der Waals surface area contributed by atoms with Gasteiger partial charge in [-0.05, 0) is 30.5 Å². The molecule has 1 atom stereocenters. The molecule has 0 radical (unpaired) electrons. The molecular formula is C15H20N2O3. The number of hydrogen-bond donors (Lipinski definition) is 2. The van der Waals surface area contributed by atoms with Crippen LogP contribution < -0.4 is 5.32 Å². The van der Waals surface area contributed by atoms with Crippen molar-refractivity contribution in [2.24, 2.45) is 0 Å². The molecule has 1 heterocycles. The minimum atomic E-state index is -0.792. The monoisotopic (exact) mass is 276 g/mol. The minimum Gasteiger partial charge on any atom is -0.480 e. The van der Waals surface area contributed by atoms with Crippen LogP contribution in [-0.4, -0.2) is 41.5 Å². The number of fused-ring (bicyclic) bond motifs is 1.